The first-order valence-electron chi connectivity index (χ1n) is 11.8. The van der Waals surface area contributed by atoms with Crippen LogP contribution in [0.3, 0.4) is 0 Å². The molecule has 4 rings (SSSR count). The molecule has 0 bridgehead atoms. The monoisotopic (exact) mass is 506 g/mol. The minimum Gasteiger partial charge on any atom is -0.493 e. The summed E-state index contributed by atoms with van der Waals surface area (Å²) >= 11 is 0. The quantitative estimate of drug-likeness (QED) is 0.585. The molecule has 2 aliphatic rings. The lowest BCUT2D eigenvalue weighted by molar-refractivity contribution is -0.123. The Kier molecular flexibility index (Phi) is 7.23. The van der Waals surface area contributed by atoms with Crippen LogP contribution in [0.25, 0.3) is 0 Å². The molecule has 12 heteroatoms. The van der Waals surface area contributed by atoms with Gasteiger partial charge in [-0.25, -0.2) is 9.97 Å². The van der Waals surface area contributed by atoms with Crippen molar-refractivity contribution in [2.24, 2.45) is 0 Å². The van der Waals surface area contributed by atoms with Gasteiger partial charge in [-0.2, -0.15) is 13.2 Å². The van der Waals surface area contributed by atoms with E-state index in [2.05, 4.69) is 20.2 Å². The molecule has 2 amide bonds. The van der Waals surface area contributed by atoms with Crippen LogP contribution >= 0.6 is 0 Å². The van der Waals surface area contributed by atoms with Gasteiger partial charge in [-0.05, 0) is 25.3 Å². The molecule has 1 fully saturated rings. The Labute approximate surface area is 207 Å². The molecule has 0 radical (unpaired) electrons. The first-order valence-corrected chi connectivity index (χ1v) is 11.8. The van der Waals surface area contributed by atoms with E-state index in [1.54, 1.807) is 18.1 Å². The Bertz CT molecular complexity index is 1140. The lowest BCUT2D eigenvalue weighted by atomic mass is 10.0. The predicted molar refractivity (Wildman–Crippen MR) is 129 cm³/mol. The second-order valence-electron chi connectivity index (χ2n) is 8.92. The largest absolute Gasteiger partial charge is 0.493 e. The van der Waals surface area contributed by atoms with Gasteiger partial charge in [-0.1, -0.05) is 19.8 Å². The van der Waals surface area contributed by atoms with Crippen molar-refractivity contribution >= 4 is 34.8 Å². The number of nitrogens with zero attached hydrogens (tertiary/aromatic N) is 4. The third kappa shape index (κ3) is 5.17. The molecule has 1 atom stereocenters. The Morgan fingerprint density at radius 2 is 1.89 bits per heavy atom. The van der Waals surface area contributed by atoms with Crippen LogP contribution in [0.4, 0.5) is 36.2 Å². The summed E-state index contributed by atoms with van der Waals surface area (Å²) in [5.41, 5.74) is 1.55. The van der Waals surface area contributed by atoms with E-state index in [1.165, 1.54) is 19.4 Å². The topological polar surface area (TPSA) is 99.7 Å². The fourth-order valence-electron chi connectivity index (χ4n) is 4.83. The Morgan fingerprint density at radius 3 is 2.53 bits per heavy atom. The second kappa shape index (κ2) is 10.2. The summed E-state index contributed by atoms with van der Waals surface area (Å²) in [7, 11) is 3.12. The van der Waals surface area contributed by atoms with Crippen LogP contribution in [-0.4, -0.2) is 60.7 Å². The molecule has 1 aliphatic carbocycles. The zero-order valence-electron chi connectivity index (χ0n) is 20.4. The summed E-state index contributed by atoms with van der Waals surface area (Å²) in [6.45, 7) is 0.561. The number of hydrogen-bond donors (Lipinski definition) is 2. The molecule has 1 saturated carbocycles. The summed E-state index contributed by atoms with van der Waals surface area (Å²) in [4.78, 5) is 37.6. The fourth-order valence-corrected chi connectivity index (χ4v) is 4.83. The van der Waals surface area contributed by atoms with E-state index in [0.29, 0.717) is 12.2 Å². The molecule has 2 aromatic heterocycles. The van der Waals surface area contributed by atoms with E-state index in [0.717, 1.165) is 37.1 Å². The highest BCUT2D eigenvalue weighted by atomic mass is 19.4. The average Bonchev–Trinajstić information content (AvgIpc) is 3.38. The maximum Gasteiger partial charge on any atom is 0.405 e. The van der Waals surface area contributed by atoms with Crippen LogP contribution in [0.15, 0.2) is 24.5 Å². The number of carbonyl (C=O) groups excluding carboxylic acids is 2. The van der Waals surface area contributed by atoms with E-state index in [1.807, 2.05) is 18.3 Å². The summed E-state index contributed by atoms with van der Waals surface area (Å²) in [5, 5.41) is 4.89. The number of ether oxygens (including phenoxy) is 1. The van der Waals surface area contributed by atoms with Crippen molar-refractivity contribution in [2.45, 2.75) is 57.3 Å². The van der Waals surface area contributed by atoms with E-state index in [4.69, 9.17) is 4.74 Å². The number of alkyl halides is 3. The lowest BCUT2D eigenvalue weighted by Gasteiger charge is -2.44. The minimum atomic E-state index is -4.52. The molecule has 36 heavy (non-hydrogen) atoms. The van der Waals surface area contributed by atoms with Gasteiger partial charge in [-0.15, -0.1) is 0 Å². The molecule has 9 nitrogen and oxygen atoms in total. The van der Waals surface area contributed by atoms with Gasteiger partial charge in [0.15, 0.2) is 11.6 Å². The van der Waals surface area contributed by atoms with Crippen molar-refractivity contribution in [1.29, 1.82) is 0 Å². The SMILES string of the molecule is CCC1C(=O)N(C)c2cnc(Nc3ncc(C(=O)NCC(F)(F)F)cc3OC)cc2N1C1CCCC1. The number of hydrogen-bond acceptors (Lipinski definition) is 7. The Morgan fingerprint density at radius 1 is 1.17 bits per heavy atom. The van der Waals surface area contributed by atoms with Gasteiger partial charge >= 0.3 is 6.18 Å². The highest BCUT2D eigenvalue weighted by Crippen LogP contribution is 2.42. The zero-order valence-corrected chi connectivity index (χ0v) is 20.4. The van der Waals surface area contributed by atoms with Crippen LogP contribution in [0.5, 0.6) is 5.75 Å². The maximum atomic E-state index is 13.1. The molecule has 0 spiro atoms. The molecule has 0 aromatic carbocycles. The van der Waals surface area contributed by atoms with Crippen molar-refractivity contribution < 1.29 is 27.5 Å². The average molecular weight is 507 g/mol. The second-order valence-corrected chi connectivity index (χ2v) is 8.92. The molecule has 1 aliphatic heterocycles. The first kappa shape index (κ1) is 25.5. The molecule has 2 N–H and O–H groups in total. The lowest BCUT2D eigenvalue weighted by Crippen LogP contribution is -2.55. The van der Waals surface area contributed by atoms with Crippen LogP contribution in [-0.2, 0) is 4.79 Å². The van der Waals surface area contributed by atoms with Crippen molar-refractivity contribution in [1.82, 2.24) is 15.3 Å². The normalized spacial score (nSPS) is 18.3. The van der Waals surface area contributed by atoms with Crippen molar-refractivity contribution in [3.8, 4) is 5.75 Å². The number of carbonyl (C=O) groups is 2. The van der Waals surface area contributed by atoms with Gasteiger partial charge in [0.1, 0.15) is 18.4 Å². The number of fused-ring (bicyclic) bond motifs is 1. The molecule has 194 valence electrons. The molecule has 2 aromatic rings. The molecule has 1 unspecified atom stereocenters. The number of methoxy groups -OCH3 is 1. The number of rotatable bonds is 7. The first-order chi connectivity index (χ1) is 17.1. The highest BCUT2D eigenvalue weighted by Gasteiger charge is 2.40. The van der Waals surface area contributed by atoms with Crippen molar-refractivity contribution in [3.05, 3.63) is 30.1 Å². The summed E-state index contributed by atoms with van der Waals surface area (Å²) < 4.78 is 42.6. The number of likely N-dealkylation sites (N-methyl/N-ethyl adjacent to an activating group) is 1. The van der Waals surface area contributed by atoms with E-state index < -0.39 is 18.6 Å². The minimum absolute atomic E-state index is 0.0436. The molecule has 3 heterocycles. The van der Waals surface area contributed by atoms with E-state index >= 15 is 0 Å². The van der Waals surface area contributed by atoms with E-state index in [9.17, 15) is 22.8 Å². The third-order valence-electron chi connectivity index (χ3n) is 6.59. The Balaban J connectivity index is 1.62. The van der Waals surface area contributed by atoms with Crippen LogP contribution in [0.2, 0.25) is 0 Å². The smallest absolute Gasteiger partial charge is 0.405 e. The van der Waals surface area contributed by atoms with Gasteiger partial charge in [-0.3, -0.25) is 9.59 Å². The molecule has 0 saturated heterocycles. The molecular formula is C24H29F3N6O3. The van der Waals surface area contributed by atoms with E-state index in [-0.39, 0.29) is 35.1 Å². The van der Waals surface area contributed by atoms with Gasteiger partial charge < -0.3 is 25.2 Å². The number of amides is 2. The van der Waals surface area contributed by atoms with Crippen LogP contribution in [0.1, 0.15) is 49.4 Å². The maximum absolute atomic E-state index is 13.1. The Hall–Kier alpha value is -3.57. The van der Waals surface area contributed by atoms with Crippen molar-refractivity contribution in [2.75, 3.05) is 35.8 Å². The number of halogens is 3. The number of nitrogens with one attached hydrogen (secondary N) is 2. The number of anilines is 4. The summed E-state index contributed by atoms with van der Waals surface area (Å²) in [5.74, 6) is -0.00349. The highest BCUT2D eigenvalue weighted by molar-refractivity contribution is 6.05. The zero-order chi connectivity index (χ0) is 26.0. The summed E-state index contributed by atoms with van der Waals surface area (Å²) in [6.07, 6.45) is 3.24. The third-order valence-corrected chi connectivity index (χ3v) is 6.59. The van der Waals surface area contributed by atoms with Gasteiger partial charge in [0.25, 0.3) is 5.91 Å². The standard InChI is InChI=1S/C24H29F3N6O3/c1-4-16-23(35)32(2)18-12-28-20(10-17(18)33(16)15-7-5-6-8-15)31-21-19(36-3)9-14(11-29-21)22(34)30-13-24(25,26)27/h9-12,15-16H,4-8,13H2,1-3H3,(H,30,34)(H,28,29,31). The van der Waals surface area contributed by atoms with Gasteiger partial charge in [0.2, 0.25) is 5.91 Å². The predicted octanol–water partition coefficient (Wildman–Crippen LogP) is 4.02. The van der Waals surface area contributed by atoms with Gasteiger partial charge in [0.05, 0.1) is 30.2 Å². The van der Waals surface area contributed by atoms with Crippen molar-refractivity contribution in [3.63, 3.8) is 0 Å². The number of aromatic nitrogens is 2. The fraction of sp³-hybridized carbons (Fsp3) is 0.500. The molecular weight excluding hydrogens is 477 g/mol. The number of pyridine rings is 2. The van der Waals surface area contributed by atoms with Crippen LogP contribution in [0, 0.1) is 0 Å². The van der Waals surface area contributed by atoms with Gasteiger partial charge in [0, 0.05) is 25.4 Å². The van der Waals surface area contributed by atoms with Crippen LogP contribution < -0.4 is 25.2 Å². The summed E-state index contributed by atoms with van der Waals surface area (Å²) in [6, 6.07) is 3.18.